The molecular formula is C12H10Cl2N2O. The van der Waals surface area contributed by atoms with Crippen LogP contribution in [-0.4, -0.2) is 16.1 Å². The molecule has 5 heteroatoms. The van der Waals surface area contributed by atoms with Crippen LogP contribution in [0.1, 0.15) is 21.6 Å². The quantitative estimate of drug-likeness (QED) is 0.801. The Morgan fingerprint density at radius 1 is 1.35 bits per heavy atom. The van der Waals surface area contributed by atoms with Gasteiger partial charge >= 0.3 is 0 Å². The van der Waals surface area contributed by atoms with Crippen molar-refractivity contribution in [3.63, 3.8) is 0 Å². The minimum atomic E-state index is 0.345. The van der Waals surface area contributed by atoms with Crippen LogP contribution in [0.4, 0.5) is 0 Å². The van der Waals surface area contributed by atoms with Gasteiger partial charge in [0.05, 0.1) is 17.8 Å². The van der Waals surface area contributed by atoms with E-state index in [1.807, 2.05) is 24.3 Å². The predicted molar refractivity (Wildman–Crippen MR) is 67.9 cm³/mol. The highest BCUT2D eigenvalue weighted by Crippen LogP contribution is 2.21. The standard InChI is InChI=1S/C12H10Cl2N2O/c1-8-10(7-17)12(14)16(15-8)6-9-4-2-3-5-11(9)13/h2-5,7H,6H2,1H3. The number of aldehydes is 1. The van der Waals surface area contributed by atoms with Crippen molar-refractivity contribution < 1.29 is 4.79 Å². The fourth-order valence-electron chi connectivity index (χ4n) is 1.59. The van der Waals surface area contributed by atoms with Gasteiger partial charge in [-0.2, -0.15) is 5.10 Å². The molecule has 0 saturated heterocycles. The molecule has 0 aliphatic rings. The Morgan fingerprint density at radius 2 is 2.06 bits per heavy atom. The van der Waals surface area contributed by atoms with Crippen molar-refractivity contribution in [2.45, 2.75) is 13.5 Å². The first kappa shape index (κ1) is 12.1. The highest BCUT2D eigenvalue weighted by atomic mass is 35.5. The van der Waals surface area contributed by atoms with Crippen LogP contribution >= 0.6 is 23.2 Å². The summed E-state index contributed by atoms with van der Waals surface area (Å²) < 4.78 is 1.57. The Balaban J connectivity index is 2.37. The zero-order valence-electron chi connectivity index (χ0n) is 9.15. The van der Waals surface area contributed by atoms with E-state index in [0.717, 1.165) is 5.56 Å². The van der Waals surface area contributed by atoms with E-state index in [1.165, 1.54) is 0 Å². The van der Waals surface area contributed by atoms with Gasteiger partial charge in [0, 0.05) is 5.02 Å². The number of hydrogen-bond acceptors (Lipinski definition) is 2. The van der Waals surface area contributed by atoms with Crippen LogP contribution in [0.2, 0.25) is 10.2 Å². The lowest BCUT2D eigenvalue weighted by Crippen LogP contribution is -2.02. The van der Waals surface area contributed by atoms with Gasteiger partial charge in [-0.1, -0.05) is 41.4 Å². The molecule has 0 amide bonds. The SMILES string of the molecule is Cc1nn(Cc2ccccc2Cl)c(Cl)c1C=O. The predicted octanol–water partition coefficient (Wildman–Crippen LogP) is 3.36. The molecule has 3 nitrogen and oxygen atoms in total. The molecule has 0 aliphatic carbocycles. The van der Waals surface area contributed by atoms with Crippen molar-refractivity contribution in [2.75, 3.05) is 0 Å². The molecule has 0 N–H and O–H groups in total. The summed E-state index contributed by atoms with van der Waals surface area (Å²) in [5, 5.41) is 5.21. The molecule has 0 bridgehead atoms. The molecule has 0 radical (unpaired) electrons. The van der Waals surface area contributed by atoms with Crippen LogP contribution < -0.4 is 0 Å². The van der Waals surface area contributed by atoms with Gasteiger partial charge in [0.15, 0.2) is 6.29 Å². The molecule has 2 rings (SSSR count). The fourth-order valence-corrected chi connectivity index (χ4v) is 2.07. The summed E-state index contributed by atoms with van der Waals surface area (Å²) in [7, 11) is 0. The number of rotatable bonds is 3. The Morgan fingerprint density at radius 3 is 2.65 bits per heavy atom. The van der Waals surface area contributed by atoms with E-state index in [-0.39, 0.29) is 0 Å². The van der Waals surface area contributed by atoms with E-state index in [4.69, 9.17) is 23.2 Å². The van der Waals surface area contributed by atoms with Gasteiger partial charge in [-0.15, -0.1) is 0 Å². The first-order valence-corrected chi connectivity index (χ1v) is 5.80. The molecule has 0 aliphatic heterocycles. The van der Waals surface area contributed by atoms with E-state index in [0.29, 0.717) is 34.3 Å². The number of aryl methyl sites for hydroxylation is 1. The minimum absolute atomic E-state index is 0.345. The van der Waals surface area contributed by atoms with E-state index in [1.54, 1.807) is 11.6 Å². The molecular weight excluding hydrogens is 259 g/mol. The van der Waals surface area contributed by atoms with Crippen molar-refractivity contribution in [1.29, 1.82) is 0 Å². The summed E-state index contributed by atoms with van der Waals surface area (Å²) in [5.41, 5.74) is 1.96. The van der Waals surface area contributed by atoms with Gasteiger partial charge in [0.1, 0.15) is 5.15 Å². The van der Waals surface area contributed by atoms with Crippen LogP contribution in [0, 0.1) is 6.92 Å². The van der Waals surface area contributed by atoms with Gasteiger partial charge < -0.3 is 0 Å². The van der Waals surface area contributed by atoms with Crippen molar-refractivity contribution in [3.05, 3.63) is 51.3 Å². The maximum absolute atomic E-state index is 10.8. The summed E-state index contributed by atoms with van der Waals surface area (Å²) in [5.74, 6) is 0. The van der Waals surface area contributed by atoms with Gasteiger partial charge in [0.25, 0.3) is 0 Å². The highest BCUT2D eigenvalue weighted by Gasteiger charge is 2.13. The van der Waals surface area contributed by atoms with Crippen LogP contribution in [0.5, 0.6) is 0 Å². The van der Waals surface area contributed by atoms with Crippen molar-refractivity contribution >= 4 is 29.5 Å². The van der Waals surface area contributed by atoms with Gasteiger partial charge in [0.2, 0.25) is 0 Å². The Hall–Kier alpha value is -1.32. The van der Waals surface area contributed by atoms with E-state index in [9.17, 15) is 4.79 Å². The molecule has 0 unspecified atom stereocenters. The highest BCUT2D eigenvalue weighted by molar-refractivity contribution is 6.32. The third kappa shape index (κ3) is 2.35. The number of benzene rings is 1. The van der Waals surface area contributed by atoms with Gasteiger partial charge in [-0.05, 0) is 18.6 Å². The average Bonchev–Trinajstić information content (AvgIpc) is 2.57. The lowest BCUT2D eigenvalue weighted by molar-refractivity contribution is 0.112. The largest absolute Gasteiger partial charge is 0.298 e. The minimum Gasteiger partial charge on any atom is -0.298 e. The molecule has 1 aromatic carbocycles. The van der Waals surface area contributed by atoms with Crippen molar-refractivity contribution in [3.8, 4) is 0 Å². The first-order chi connectivity index (χ1) is 8.13. The number of nitrogens with zero attached hydrogens (tertiary/aromatic N) is 2. The molecule has 1 heterocycles. The van der Waals surface area contributed by atoms with Crippen LogP contribution in [-0.2, 0) is 6.54 Å². The zero-order valence-corrected chi connectivity index (χ0v) is 10.7. The fraction of sp³-hybridized carbons (Fsp3) is 0.167. The second kappa shape index (κ2) is 4.90. The van der Waals surface area contributed by atoms with E-state index >= 15 is 0 Å². The number of hydrogen-bond donors (Lipinski definition) is 0. The zero-order chi connectivity index (χ0) is 12.4. The molecule has 0 atom stereocenters. The molecule has 0 fully saturated rings. The van der Waals surface area contributed by atoms with Gasteiger partial charge in [-0.3, -0.25) is 4.79 Å². The second-order valence-electron chi connectivity index (χ2n) is 3.66. The summed E-state index contributed by atoms with van der Waals surface area (Å²) in [6, 6.07) is 7.46. The molecule has 0 saturated carbocycles. The maximum Gasteiger partial charge on any atom is 0.155 e. The summed E-state index contributed by atoms with van der Waals surface area (Å²) in [4.78, 5) is 10.8. The summed E-state index contributed by atoms with van der Waals surface area (Å²) in [6.45, 7) is 2.20. The molecule has 17 heavy (non-hydrogen) atoms. The Labute approximate surface area is 109 Å². The van der Waals surface area contributed by atoms with Crippen molar-refractivity contribution in [2.24, 2.45) is 0 Å². The Kier molecular flexibility index (Phi) is 3.50. The monoisotopic (exact) mass is 268 g/mol. The third-order valence-electron chi connectivity index (χ3n) is 2.51. The van der Waals surface area contributed by atoms with Crippen LogP contribution in [0.3, 0.4) is 0 Å². The average molecular weight is 269 g/mol. The molecule has 0 spiro atoms. The molecule has 1 aromatic heterocycles. The lowest BCUT2D eigenvalue weighted by Gasteiger charge is -2.05. The van der Waals surface area contributed by atoms with E-state index in [2.05, 4.69) is 5.10 Å². The lowest BCUT2D eigenvalue weighted by atomic mass is 10.2. The van der Waals surface area contributed by atoms with Gasteiger partial charge in [-0.25, -0.2) is 4.68 Å². The second-order valence-corrected chi connectivity index (χ2v) is 4.42. The molecule has 88 valence electrons. The van der Waals surface area contributed by atoms with Crippen LogP contribution in [0.25, 0.3) is 0 Å². The normalized spacial score (nSPS) is 10.5. The topological polar surface area (TPSA) is 34.9 Å². The van der Waals surface area contributed by atoms with Crippen molar-refractivity contribution in [1.82, 2.24) is 9.78 Å². The van der Waals surface area contributed by atoms with E-state index < -0.39 is 0 Å². The summed E-state index contributed by atoms with van der Waals surface area (Å²) in [6.07, 6.45) is 0.716. The third-order valence-corrected chi connectivity index (χ3v) is 3.27. The smallest absolute Gasteiger partial charge is 0.155 e. The molecule has 2 aromatic rings. The maximum atomic E-state index is 10.8. The van der Waals surface area contributed by atoms with Crippen LogP contribution in [0.15, 0.2) is 24.3 Å². The summed E-state index contributed by atoms with van der Waals surface area (Å²) >= 11 is 12.1. The number of halogens is 2. The Bertz CT molecular complexity index is 564. The first-order valence-electron chi connectivity index (χ1n) is 5.05. The number of carbonyl (C=O) groups is 1. The number of carbonyl (C=O) groups excluding carboxylic acids is 1. The number of aromatic nitrogens is 2.